The van der Waals surface area contributed by atoms with Crippen molar-refractivity contribution in [2.24, 2.45) is 0 Å². The Balaban J connectivity index is 2.38. The number of carbonyl (C=O) groups excluding carboxylic acids is 1. The van der Waals surface area contributed by atoms with Gasteiger partial charge in [0.05, 0.1) is 12.0 Å². The highest BCUT2D eigenvalue weighted by molar-refractivity contribution is 7.20. The van der Waals surface area contributed by atoms with E-state index >= 15 is 0 Å². The standard InChI is InChI=1S/C13H17N3O3S/c1-3-19-13(18)10-8(2)9-11(14-5-4-6-17)15-7-16-12(9)20-10/h7,17H,3-6H2,1-2H3,(H,14,15,16). The van der Waals surface area contributed by atoms with Gasteiger partial charge in [0, 0.05) is 13.2 Å². The van der Waals surface area contributed by atoms with E-state index in [0.29, 0.717) is 30.3 Å². The van der Waals surface area contributed by atoms with Crippen molar-refractivity contribution in [2.75, 3.05) is 25.1 Å². The number of hydrogen-bond donors (Lipinski definition) is 2. The first-order valence-corrected chi connectivity index (χ1v) is 7.26. The highest BCUT2D eigenvalue weighted by Crippen LogP contribution is 2.33. The van der Waals surface area contributed by atoms with Crippen LogP contribution in [0.4, 0.5) is 5.82 Å². The molecule has 0 saturated carbocycles. The second-order valence-corrected chi connectivity index (χ2v) is 5.18. The molecule has 0 aromatic carbocycles. The molecular formula is C13H17N3O3S. The number of nitrogens with zero attached hydrogens (tertiary/aromatic N) is 2. The summed E-state index contributed by atoms with van der Waals surface area (Å²) in [5, 5.41) is 12.8. The lowest BCUT2D eigenvalue weighted by molar-refractivity contribution is 0.0531. The third kappa shape index (κ3) is 2.88. The Hall–Kier alpha value is -1.73. The minimum Gasteiger partial charge on any atom is -0.462 e. The van der Waals surface area contributed by atoms with Gasteiger partial charge in [0.15, 0.2) is 0 Å². The third-order valence-electron chi connectivity index (χ3n) is 2.81. The largest absolute Gasteiger partial charge is 0.462 e. The van der Waals surface area contributed by atoms with E-state index in [0.717, 1.165) is 15.8 Å². The fourth-order valence-electron chi connectivity index (χ4n) is 1.88. The van der Waals surface area contributed by atoms with Gasteiger partial charge in [-0.15, -0.1) is 11.3 Å². The van der Waals surface area contributed by atoms with Crippen LogP contribution in [-0.2, 0) is 4.74 Å². The van der Waals surface area contributed by atoms with Gasteiger partial charge in [-0.25, -0.2) is 14.8 Å². The Kier molecular flexibility index (Phi) is 4.86. The van der Waals surface area contributed by atoms with Crippen LogP contribution in [0.5, 0.6) is 0 Å². The number of aliphatic hydroxyl groups is 1. The van der Waals surface area contributed by atoms with Crippen molar-refractivity contribution in [1.29, 1.82) is 0 Å². The summed E-state index contributed by atoms with van der Waals surface area (Å²) < 4.78 is 5.05. The van der Waals surface area contributed by atoms with E-state index < -0.39 is 0 Å². The van der Waals surface area contributed by atoms with Crippen LogP contribution < -0.4 is 5.32 Å². The van der Waals surface area contributed by atoms with Crippen LogP contribution >= 0.6 is 11.3 Å². The number of aromatic nitrogens is 2. The van der Waals surface area contributed by atoms with Gasteiger partial charge in [0.2, 0.25) is 0 Å². The Bertz CT molecular complexity index is 612. The molecule has 2 heterocycles. The molecule has 2 aromatic rings. The van der Waals surface area contributed by atoms with Gasteiger partial charge in [-0.3, -0.25) is 0 Å². The minimum absolute atomic E-state index is 0.123. The highest BCUT2D eigenvalue weighted by atomic mass is 32.1. The Morgan fingerprint density at radius 2 is 2.30 bits per heavy atom. The molecule has 20 heavy (non-hydrogen) atoms. The van der Waals surface area contributed by atoms with Gasteiger partial charge in [-0.1, -0.05) is 0 Å². The van der Waals surface area contributed by atoms with Crippen LogP contribution in [0.1, 0.15) is 28.6 Å². The van der Waals surface area contributed by atoms with Crippen molar-refractivity contribution < 1.29 is 14.6 Å². The monoisotopic (exact) mass is 295 g/mol. The van der Waals surface area contributed by atoms with Crippen LogP contribution in [-0.4, -0.2) is 40.8 Å². The molecule has 0 aliphatic carbocycles. The summed E-state index contributed by atoms with van der Waals surface area (Å²) in [5.74, 6) is 0.363. The molecule has 2 N–H and O–H groups in total. The zero-order chi connectivity index (χ0) is 14.5. The molecular weight excluding hydrogens is 278 g/mol. The van der Waals surface area contributed by atoms with Gasteiger partial charge in [-0.05, 0) is 25.8 Å². The fraction of sp³-hybridized carbons (Fsp3) is 0.462. The van der Waals surface area contributed by atoms with E-state index in [2.05, 4.69) is 15.3 Å². The van der Waals surface area contributed by atoms with Gasteiger partial charge in [0.25, 0.3) is 0 Å². The van der Waals surface area contributed by atoms with E-state index in [4.69, 9.17) is 9.84 Å². The summed E-state index contributed by atoms with van der Waals surface area (Å²) in [5.41, 5.74) is 0.829. The lowest BCUT2D eigenvalue weighted by Crippen LogP contribution is -2.06. The number of rotatable bonds is 6. The smallest absolute Gasteiger partial charge is 0.348 e. The summed E-state index contributed by atoms with van der Waals surface area (Å²) >= 11 is 1.31. The van der Waals surface area contributed by atoms with E-state index in [1.54, 1.807) is 6.92 Å². The Morgan fingerprint density at radius 3 is 3.00 bits per heavy atom. The molecule has 2 rings (SSSR count). The van der Waals surface area contributed by atoms with E-state index in [1.807, 2.05) is 6.92 Å². The number of nitrogens with one attached hydrogen (secondary N) is 1. The van der Waals surface area contributed by atoms with Crippen LogP contribution in [0.25, 0.3) is 10.2 Å². The third-order valence-corrected chi connectivity index (χ3v) is 3.99. The second-order valence-electron chi connectivity index (χ2n) is 4.18. The van der Waals surface area contributed by atoms with Gasteiger partial charge >= 0.3 is 5.97 Å². The molecule has 0 atom stereocenters. The van der Waals surface area contributed by atoms with Crippen molar-refractivity contribution in [1.82, 2.24) is 9.97 Å². The molecule has 0 amide bonds. The summed E-state index contributed by atoms with van der Waals surface area (Å²) in [4.78, 5) is 21.6. The highest BCUT2D eigenvalue weighted by Gasteiger charge is 2.19. The van der Waals surface area contributed by atoms with Crippen molar-refractivity contribution in [3.8, 4) is 0 Å². The number of esters is 1. The molecule has 108 valence electrons. The number of aryl methyl sites for hydroxylation is 1. The summed E-state index contributed by atoms with van der Waals surface area (Å²) in [6.07, 6.45) is 2.11. The quantitative estimate of drug-likeness (QED) is 0.626. The van der Waals surface area contributed by atoms with Crippen molar-refractivity contribution in [3.63, 3.8) is 0 Å². The maximum atomic E-state index is 11.9. The zero-order valence-corrected chi connectivity index (χ0v) is 12.3. The Morgan fingerprint density at radius 1 is 1.50 bits per heavy atom. The maximum absolute atomic E-state index is 11.9. The topological polar surface area (TPSA) is 84.3 Å². The van der Waals surface area contributed by atoms with Crippen LogP contribution in [0.3, 0.4) is 0 Å². The number of anilines is 1. The number of fused-ring (bicyclic) bond motifs is 1. The average molecular weight is 295 g/mol. The van der Waals surface area contributed by atoms with Crippen LogP contribution in [0.2, 0.25) is 0 Å². The molecule has 0 bridgehead atoms. The van der Waals surface area contributed by atoms with E-state index in [1.165, 1.54) is 17.7 Å². The number of carbonyl (C=O) groups is 1. The average Bonchev–Trinajstić information content (AvgIpc) is 2.78. The van der Waals surface area contributed by atoms with Gasteiger partial charge < -0.3 is 15.2 Å². The van der Waals surface area contributed by atoms with Gasteiger partial charge in [0.1, 0.15) is 21.9 Å². The minimum atomic E-state index is -0.325. The molecule has 0 aliphatic rings. The van der Waals surface area contributed by atoms with Crippen LogP contribution in [0.15, 0.2) is 6.33 Å². The first kappa shape index (κ1) is 14.7. The van der Waals surface area contributed by atoms with Crippen molar-refractivity contribution in [3.05, 3.63) is 16.8 Å². The molecule has 2 aromatic heterocycles. The molecule has 0 unspecified atom stereocenters. The molecule has 0 spiro atoms. The van der Waals surface area contributed by atoms with Gasteiger partial charge in [-0.2, -0.15) is 0 Å². The molecule has 0 aliphatic heterocycles. The fourth-order valence-corrected chi connectivity index (χ4v) is 2.93. The summed E-state index contributed by atoms with van der Waals surface area (Å²) in [6, 6.07) is 0. The maximum Gasteiger partial charge on any atom is 0.348 e. The van der Waals surface area contributed by atoms with E-state index in [-0.39, 0.29) is 12.6 Å². The predicted octanol–water partition coefficient (Wildman–Crippen LogP) is 1.97. The first-order valence-electron chi connectivity index (χ1n) is 6.45. The summed E-state index contributed by atoms with van der Waals surface area (Å²) in [6.45, 7) is 4.73. The lowest BCUT2D eigenvalue weighted by atomic mass is 10.2. The second kappa shape index (κ2) is 6.62. The number of thiophene rings is 1. The summed E-state index contributed by atoms with van der Waals surface area (Å²) in [7, 11) is 0. The molecule has 0 radical (unpaired) electrons. The predicted molar refractivity (Wildman–Crippen MR) is 78.3 cm³/mol. The van der Waals surface area contributed by atoms with E-state index in [9.17, 15) is 4.79 Å². The molecule has 6 nitrogen and oxygen atoms in total. The number of hydrogen-bond acceptors (Lipinski definition) is 7. The zero-order valence-electron chi connectivity index (χ0n) is 11.5. The van der Waals surface area contributed by atoms with Crippen molar-refractivity contribution >= 4 is 33.3 Å². The van der Waals surface area contributed by atoms with Crippen molar-refractivity contribution in [2.45, 2.75) is 20.3 Å². The number of ether oxygens (including phenoxy) is 1. The van der Waals surface area contributed by atoms with Crippen LogP contribution in [0, 0.1) is 6.92 Å². The lowest BCUT2D eigenvalue weighted by Gasteiger charge is -2.06. The molecule has 0 fully saturated rings. The SMILES string of the molecule is CCOC(=O)c1sc2ncnc(NCCCO)c2c1C. The molecule has 0 saturated heterocycles. The normalized spacial score (nSPS) is 10.8. The number of aliphatic hydroxyl groups excluding tert-OH is 1. The molecule has 7 heteroatoms. The first-order chi connectivity index (χ1) is 9.69. The Labute approximate surface area is 120 Å².